The molecule has 0 fully saturated rings. The first-order valence-corrected chi connectivity index (χ1v) is 20.4. The second-order valence-electron chi connectivity index (χ2n) is 14.8. The van der Waals surface area contributed by atoms with Crippen molar-refractivity contribution in [2.45, 2.75) is 98.2 Å². The summed E-state index contributed by atoms with van der Waals surface area (Å²) in [6, 6.07) is 23.9. The van der Waals surface area contributed by atoms with Crippen molar-refractivity contribution >= 4 is 19.8 Å². The van der Waals surface area contributed by atoms with E-state index in [-0.39, 0.29) is 5.78 Å². The number of carbonyl (C=O) groups is 2. The topological polar surface area (TPSA) is 65.1 Å². The van der Waals surface area contributed by atoms with Gasteiger partial charge in [0.15, 0.2) is 11.4 Å². The van der Waals surface area contributed by atoms with Gasteiger partial charge in [0.05, 0.1) is 21.4 Å². The second-order valence-corrected chi connectivity index (χ2v) is 20.2. The minimum Gasteiger partial charge on any atom is -0.476 e. The lowest BCUT2D eigenvalue weighted by molar-refractivity contribution is -0.174. The molecule has 0 N–H and O–H groups in total. The molecule has 0 saturated heterocycles. The largest absolute Gasteiger partial charge is 0.476 e. The molecule has 6 nitrogen and oxygen atoms in total. The van der Waals surface area contributed by atoms with Gasteiger partial charge >= 0.3 is 5.97 Å². The van der Waals surface area contributed by atoms with Crippen LogP contribution < -0.4 is 4.74 Å². The molecule has 0 saturated carbocycles. The van der Waals surface area contributed by atoms with Crippen LogP contribution in [0.4, 0.5) is 0 Å². The van der Waals surface area contributed by atoms with Crippen LogP contribution in [0.5, 0.6) is 5.75 Å². The third-order valence-electron chi connectivity index (χ3n) is 7.73. The number of benzene rings is 3. The van der Waals surface area contributed by atoms with Crippen LogP contribution in [0.1, 0.15) is 73.1 Å². The molecule has 0 aliphatic carbocycles. The van der Waals surface area contributed by atoms with Gasteiger partial charge in [0.1, 0.15) is 11.4 Å². The Morgan fingerprint density at radius 1 is 0.851 bits per heavy atom. The predicted octanol–water partition coefficient (Wildman–Crippen LogP) is 8.90. The molecule has 3 aromatic carbocycles. The number of rotatable bonds is 18. The summed E-state index contributed by atoms with van der Waals surface area (Å²) in [5.41, 5.74) is 3.12. The van der Waals surface area contributed by atoms with Crippen molar-refractivity contribution in [1.29, 1.82) is 0 Å². The number of carbonyl (C=O) groups excluding carboxylic acids is 2. The summed E-state index contributed by atoms with van der Waals surface area (Å²) in [5.74, 6) is 0.282. The van der Waals surface area contributed by atoms with E-state index in [2.05, 4.69) is 60.9 Å². The van der Waals surface area contributed by atoms with Gasteiger partial charge in [-0.1, -0.05) is 98.5 Å². The summed E-state index contributed by atoms with van der Waals surface area (Å²) in [5, 5.41) is 0. The van der Waals surface area contributed by atoms with Crippen molar-refractivity contribution in [2.24, 2.45) is 0 Å². The van der Waals surface area contributed by atoms with Gasteiger partial charge in [-0.2, -0.15) is 0 Å². The van der Waals surface area contributed by atoms with Gasteiger partial charge in [-0.15, -0.1) is 0 Å². The first kappa shape index (κ1) is 37.9. The van der Waals surface area contributed by atoms with Crippen LogP contribution in [0.3, 0.4) is 0 Å². The van der Waals surface area contributed by atoms with E-state index in [0.29, 0.717) is 31.1 Å². The minimum absolute atomic E-state index is 0.00877. The molecule has 0 heterocycles. The number of esters is 1. The van der Waals surface area contributed by atoms with Crippen LogP contribution in [-0.2, 0) is 27.2 Å². The number of ether oxygens (including phenoxy) is 3. The Morgan fingerprint density at radius 3 is 2.04 bits per heavy atom. The molecule has 0 amide bonds. The molecule has 0 aliphatic rings. The fraction of sp³-hybridized carbons (Fsp3) is 0.450. The standard InChI is InChI=1S/C40H55NO5Si/c1-31-26-34(20-16-17-23-36(42)35-21-14-11-15-22-35)27-32(2)37(31)45-40(5,6)38(43)46-39(3,4)24-25-44-29-41(30-47(7,8)9)28-33-18-12-10-13-19-33/h10-15,17-19,21-23,26-27H,16,20,24-25,28-30H2,1-9H3/b23-17+. The summed E-state index contributed by atoms with van der Waals surface area (Å²) in [7, 11) is -1.33. The molecule has 0 aliphatic heterocycles. The van der Waals surface area contributed by atoms with Crippen molar-refractivity contribution in [3.8, 4) is 5.75 Å². The van der Waals surface area contributed by atoms with E-state index in [9.17, 15) is 9.59 Å². The third-order valence-corrected chi connectivity index (χ3v) is 9.13. The van der Waals surface area contributed by atoms with Gasteiger partial charge in [0.2, 0.25) is 0 Å². The highest BCUT2D eigenvalue weighted by Gasteiger charge is 2.37. The molecule has 47 heavy (non-hydrogen) atoms. The van der Waals surface area contributed by atoms with Gasteiger partial charge in [-0.25, -0.2) is 4.79 Å². The molecule has 0 atom stereocenters. The lowest BCUT2D eigenvalue weighted by atomic mass is 10.0. The number of hydrogen-bond acceptors (Lipinski definition) is 6. The SMILES string of the molecule is Cc1cc(CC/C=C/C(=O)c2ccccc2)cc(C)c1OC(C)(C)C(=O)OC(C)(C)CCOCN(Cc1ccccc1)C[Si](C)(C)C. The predicted molar refractivity (Wildman–Crippen MR) is 195 cm³/mol. The van der Waals surface area contributed by atoms with Crippen molar-refractivity contribution in [3.63, 3.8) is 0 Å². The average molecular weight is 658 g/mol. The molecule has 7 heteroatoms. The van der Waals surface area contributed by atoms with E-state index in [1.54, 1.807) is 19.9 Å². The minimum atomic E-state index is -1.33. The lowest BCUT2D eigenvalue weighted by Crippen LogP contribution is -2.45. The Balaban J connectivity index is 1.51. The van der Waals surface area contributed by atoms with Gasteiger partial charge in [-0.05, 0) is 88.9 Å². The van der Waals surface area contributed by atoms with Crippen LogP contribution in [0.2, 0.25) is 19.6 Å². The van der Waals surface area contributed by atoms with Crippen LogP contribution in [0.25, 0.3) is 0 Å². The van der Waals surface area contributed by atoms with Crippen LogP contribution in [0.15, 0.2) is 84.9 Å². The van der Waals surface area contributed by atoms with Crippen molar-refractivity contribution in [3.05, 3.63) is 113 Å². The van der Waals surface area contributed by atoms with E-state index in [1.807, 2.05) is 70.2 Å². The molecule has 0 spiro atoms. The third kappa shape index (κ3) is 13.2. The maximum atomic E-state index is 13.4. The van der Waals surface area contributed by atoms with E-state index in [0.717, 1.165) is 42.2 Å². The van der Waals surface area contributed by atoms with Crippen LogP contribution >= 0.6 is 0 Å². The number of aryl methyl sites for hydroxylation is 3. The fourth-order valence-corrected chi connectivity index (χ4v) is 6.92. The zero-order chi connectivity index (χ0) is 34.7. The number of ketones is 1. The Bertz CT molecular complexity index is 1450. The Hall–Kier alpha value is -3.52. The zero-order valence-corrected chi connectivity index (χ0v) is 31.0. The Kier molecular flexibility index (Phi) is 13.8. The smallest absolute Gasteiger partial charge is 0.350 e. The molecule has 0 bridgehead atoms. The van der Waals surface area contributed by atoms with Gasteiger partial charge in [0, 0.05) is 18.5 Å². The van der Waals surface area contributed by atoms with E-state index in [1.165, 1.54) is 5.56 Å². The van der Waals surface area contributed by atoms with Gasteiger partial charge in [-0.3, -0.25) is 9.69 Å². The molecule has 0 aromatic heterocycles. The van der Waals surface area contributed by atoms with Crippen LogP contribution in [-0.4, -0.2) is 55.4 Å². The fourth-order valence-electron chi connectivity index (χ4n) is 5.38. The number of hydrogen-bond donors (Lipinski definition) is 0. The second kappa shape index (κ2) is 17.0. The summed E-state index contributed by atoms with van der Waals surface area (Å²) >= 11 is 0. The lowest BCUT2D eigenvalue weighted by Gasteiger charge is -2.33. The van der Waals surface area contributed by atoms with Gasteiger partial charge < -0.3 is 14.2 Å². The summed E-state index contributed by atoms with van der Waals surface area (Å²) in [6.45, 7) is 20.3. The van der Waals surface area contributed by atoms with E-state index < -0.39 is 25.2 Å². The normalized spacial score (nSPS) is 12.5. The Labute approximate surface area is 284 Å². The molecule has 254 valence electrons. The Morgan fingerprint density at radius 2 is 1.45 bits per heavy atom. The molecular weight excluding hydrogens is 603 g/mol. The van der Waals surface area contributed by atoms with E-state index in [4.69, 9.17) is 14.2 Å². The quantitative estimate of drug-likeness (QED) is 0.0340. The molecule has 3 aromatic rings. The highest BCUT2D eigenvalue weighted by Crippen LogP contribution is 2.31. The first-order chi connectivity index (χ1) is 22.0. The van der Waals surface area contributed by atoms with Gasteiger partial charge in [0.25, 0.3) is 0 Å². The van der Waals surface area contributed by atoms with Crippen molar-refractivity contribution in [2.75, 3.05) is 19.5 Å². The molecule has 0 unspecified atom stereocenters. The van der Waals surface area contributed by atoms with Crippen molar-refractivity contribution < 1.29 is 23.8 Å². The zero-order valence-electron chi connectivity index (χ0n) is 30.0. The average Bonchev–Trinajstić information content (AvgIpc) is 2.99. The summed E-state index contributed by atoms with van der Waals surface area (Å²) in [4.78, 5) is 28.1. The monoisotopic (exact) mass is 657 g/mol. The maximum absolute atomic E-state index is 13.4. The first-order valence-electron chi connectivity index (χ1n) is 16.7. The molecule has 0 radical (unpaired) electrons. The summed E-state index contributed by atoms with van der Waals surface area (Å²) < 4.78 is 18.4. The summed E-state index contributed by atoms with van der Waals surface area (Å²) in [6.07, 6.45) is 6.72. The number of nitrogens with zero attached hydrogens (tertiary/aromatic N) is 1. The maximum Gasteiger partial charge on any atom is 0.350 e. The highest BCUT2D eigenvalue weighted by atomic mass is 28.3. The highest BCUT2D eigenvalue weighted by molar-refractivity contribution is 6.76. The molecular formula is C40H55NO5Si. The molecule has 3 rings (SSSR count). The number of allylic oxidation sites excluding steroid dienone is 2. The van der Waals surface area contributed by atoms with Crippen LogP contribution in [0, 0.1) is 13.8 Å². The van der Waals surface area contributed by atoms with E-state index >= 15 is 0 Å². The van der Waals surface area contributed by atoms with Crippen molar-refractivity contribution in [1.82, 2.24) is 4.90 Å².